The van der Waals surface area contributed by atoms with Crippen LogP contribution >= 0.6 is 0 Å². The van der Waals surface area contributed by atoms with Gasteiger partial charge in [-0.05, 0) is 13.3 Å². The maximum Gasteiger partial charge on any atom is 0.345 e. The van der Waals surface area contributed by atoms with E-state index in [1.807, 2.05) is 6.92 Å². The molecule has 132 valence electrons. The largest absolute Gasteiger partial charge is 0.493 e. The summed E-state index contributed by atoms with van der Waals surface area (Å²) < 4.78 is 14.8. The van der Waals surface area contributed by atoms with E-state index < -0.39 is 29.1 Å². The summed E-state index contributed by atoms with van der Waals surface area (Å²) in [5, 5.41) is 13.8. The van der Waals surface area contributed by atoms with E-state index in [2.05, 4.69) is 5.32 Å². The van der Waals surface area contributed by atoms with Crippen molar-refractivity contribution in [2.24, 2.45) is 0 Å². The van der Waals surface area contributed by atoms with E-state index in [-0.39, 0.29) is 23.1 Å². The summed E-state index contributed by atoms with van der Waals surface area (Å²) in [6, 6.07) is 2.15. The fourth-order valence-corrected chi connectivity index (χ4v) is 1.81. The minimum absolute atomic E-state index is 0.0633. The van der Waals surface area contributed by atoms with E-state index in [4.69, 9.17) is 14.2 Å². The number of ether oxygens (including phenoxy) is 3. The molecule has 0 spiro atoms. The molecule has 0 aliphatic rings. The number of methoxy groups -OCH3 is 2. The third-order valence-electron chi connectivity index (χ3n) is 3.27. The molecule has 9 heteroatoms. The van der Waals surface area contributed by atoms with E-state index in [0.29, 0.717) is 0 Å². The van der Waals surface area contributed by atoms with Gasteiger partial charge in [0.25, 0.3) is 11.6 Å². The van der Waals surface area contributed by atoms with E-state index in [9.17, 15) is 19.7 Å². The number of amides is 1. The molecule has 1 amide bonds. The Morgan fingerprint density at radius 1 is 1.25 bits per heavy atom. The van der Waals surface area contributed by atoms with Crippen molar-refractivity contribution in [1.29, 1.82) is 0 Å². The number of nitro groups is 1. The Morgan fingerprint density at radius 2 is 1.83 bits per heavy atom. The summed E-state index contributed by atoms with van der Waals surface area (Å²) >= 11 is 0. The van der Waals surface area contributed by atoms with E-state index in [1.165, 1.54) is 14.2 Å². The minimum Gasteiger partial charge on any atom is -0.493 e. The van der Waals surface area contributed by atoms with E-state index in [0.717, 1.165) is 18.6 Å². The van der Waals surface area contributed by atoms with Crippen LogP contribution in [-0.2, 0) is 9.53 Å². The van der Waals surface area contributed by atoms with E-state index >= 15 is 0 Å². The Balaban J connectivity index is 2.96. The fourth-order valence-electron chi connectivity index (χ4n) is 1.81. The lowest BCUT2D eigenvalue weighted by molar-refractivity contribution is -0.385. The Hall–Kier alpha value is -2.84. The van der Waals surface area contributed by atoms with Gasteiger partial charge in [0.05, 0.1) is 25.2 Å². The lowest BCUT2D eigenvalue weighted by atomic mass is 10.1. The molecule has 0 fully saturated rings. The maximum absolute atomic E-state index is 12.1. The Morgan fingerprint density at radius 3 is 2.33 bits per heavy atom. The number of nitrogens with one attached hydrogen (secondary N) is 1. The summed E-state index contributed by atoms with van der Waals surface area (Å²) in [6.45, 7) is 3.16. The zero-order chi connectivity index (χ0) is 18.3. The first-order chi connectivity index (χ1) is 11.3. The quantitative estimate of drug-likeness (QED) is 0.434. The Labute approximate surface area is 139 Å². The molecule has 1 aromatic rings. The summed E-state index contributed by atoms with van der Waals surface area (Å²) in [7, 11) is 2.65. The molecule has 1 unspecified atom stereocenters. The van der Waals surface area contributed by atoms with Crippen molar-refractivity contribution in [1.82, 2.24) is 5.32 Å². The van der Waals surface area contributed by atoms with Gasteiger partial charge in [-0.15, -0.1) is 0 Å². The highest BCUT2D eigenvalue weighted by molar-refractivity contribution is 5.96. The fraction of sp³-hybridized carbons (Fsp3) is 0.467. The van der Waals surface area contributed by atoms with Crippen molar-refractivity contribution in [2.45, 2.75) is 26.3 Å². The predicted octanol–water partition coefficient (Wildman–Crippen LogP) is 1.68. The van der Waals surface area contributed by atoms with Crippen molar-refractivity contribution >= 4 is 17.6 Å². The standard InChI is InChI=1S/C15H20N2O7/c1-5-9(2)16-14(18)8-24-15(19)10-6-12(22-3)13(23-4)7-11(10)17(20)21/h6-7,9H,5,8H2,1-4H3,(H,16,18). The zero-order valence-electron chi connectivity index (χ0n) is 14.0. The first-order valence-corrected chi connectivity index (χ1v) is 7.20. The molecule has 0 aliphatic heterocycles. The molecule has 0 heterocycles. The normalized spacial score (nSPS) is 11.3. The van der Waals surface area contributed by atoms with Crippen molar-refractivity contribution < 1.29 is 28.7 Å². The number of carbonyl (C=O) groups is 2. The van der Waals surface area contributed by atoms with E-state index in [1.54, 1.807) is 6.92 Å². The number of rotatable bonds is 8. The molecule has 24 heavy (non-hydrogen) atoms. The summed E-state index contributed by atoms with van der Waals surface area (Å²) in [5.41, 5.74) is -0.825. The third-order valence-corrected chi connectivity index (χ3v) is 3.27. The van der Waals surface area contributed by atoms with Gasteiger partial charge in [-0.2, -0.15) is 0 Å². The van der Waals surface area contributed by atoms with Gasteiger partial charge < -0.3 is 19.5 Å². The van der Waals surface area contributed by atoms with Crippen molar-refractivity contribution in [3.63, 3.8) is 0 Å². The number of esters is 1. The van der Waals surface area contributed by atoms with Crippen LogP contribution in [0.4, 0.5) is 5.69 Å². The second-order valence-electron chi connectivity index (χ2n) is 4.93. The van der Waals surface area contributed by atoms with Crippen LogP contribution in [0.1, 0.15) is 30.6 Å². The number of nitro benzene ring substituents is 1. The third kappa shape index (κ3) is 4.83. The Kier molecular flexibility index (Phi) is 6.97. The topological polar surface area (TPSA) is 117 Å². The minimum atomic E-state index is -0.998. The molecule has 9 nitrogen and oxygen atoms in total. The first kappa shape index (κ1) is 19.2. The molecular weight excluding hydrogens is 320 g/mol. The van der Waals surface area contributed by atoms with Crippen LogP contribution in [0.25, 0.3) is 0 Å². The number of hydrogen-bond donors (Lipinski definition) is 1. The summed E-state index contributed by atoms with van der Waals surface area (Å²) in [4.78, 5) is 34.1. The number of nitrogens with zero attached hydrogens (tertiary/aromatic N) is 1. The zero-order valence-corrected chi connectivity index (χ0v) is 14.0. The molecule has 0 aliphatic carbocycles. The van der Waals surface area contributed by atoms with Crippen LogP contribution in [-0.4, -0.2) is 43.7 Å². The average Bonchev–Trinajstić information content (AvgIpc) is 2.57. The van der Waals surface area contributed by atoms with Gasteiger partial charge in [-0.25, -0.2) is 4.79 Å². The highest BCUT2D eigenvalue weighted by atomic mass is 16.6. The van der Waals surface area contributed by atoms with Crippen LogP contribution in [0.5, 0.6) is 11.5 Å². The average molecular weight is 340 g/mol. The van der Waals surface area contributed by atoms with Crippen molar-refractivity contribution in [3.05, 3.63) is 27.8 Å². The molecule has 0 saturated heterocycles. The second kappa shape index (κ2) is 8.70. The smallest absolute Gasteiger partial charge is 0.345 e. The monoisotopic (exact) mass is 340 g/mol. The van der Waals surface area contributed by atoms with Gasteiger partial charge in [0.2, 0.25) is 0 Å². The molecule has 1 rings (SSSR count). The highest BCUT2D eigenvalue weighted by Crippen LogP contribution is 2.34. The van der Waals surface area contributed by atoms with Crippen LogP contribution in [0.3, 0.4) is 0 Å². The Bertz CT molecular complexity index is 630. The molecule has 0 radical (unpaired) electrons. The maximum atomic E-state index is 12.1. The molecule has 1 N–H and O–H groups in total. The SMILES string of the molecule is CCC(C)NC(=O)COC(=O)c1cc(OC)c(OC)cc1[N+](=O)[O-]. The second-order valence-corrected chi connectivity index (χ2v) is 4.93. The lowest BCUT2D eigenvalue weighted by Crippen LogP contribution is -2.35. The summed E-state index contributed by atoms with van der Waals surface area (Å²) in [6.07, 6.45) is 0.723. The van der Waals surface area contributed by atoms with Crippen LogP contribution in [0.2, 0.25) is 0 Å². The number of carbonyl (C=O) groups excluding carboxylic acids is 2. The number of benzene rings is 1. The van der Waals surface area contributed by atoms with Crippen molar-refractivity contribution in [3.8, 4) is 11.5 Å². The van der Waals surface area contributed by atoms with Crippen LogP contribution in [0, 0.1) is 10.1 Å². The first-order valence-electron chi connectivity index (χ1n) is 7.20. The lowest BCUT2D eigenvalue weighted by Gasteiger charge is -2.12. The molecular formula is C15H20N2O7. The van der Waals surface area contributed by atoms with Crippen LogP contribution < -0.4 is 14.8 Å². The highest BCUT2D eigenvalue weighted by Gasteiger charge is 2.26. The van der Waals surface area contributed by atoms with Crippen LogP contribution in [0.15, 0.2) is 12.1 Å². The van der Waals surface area contributed by atoms with Crippen molar-refractivity contribution in [2.75, 3.05) is 20.8 Å². The molecule has 1 atom stereocenters. The number of hydrogen-bond acceptors (Lipinski definition) is 7. The van der Waals surface area contributed by atoms with Gasteiger partial charge >= 0.3 is 5.97 Å². The van der Waals surface area contributed by atoms with Gasteiger partial charge in [0.15, 0.2) is 18.1 Å². The predicted molar refractivity (Wildman–Crippen MR) is 84.4 cm³/mol. The summed E-state index contributed by atoms with van der Waals surface area (Å²) in [5.74, 6) is -1.24. The van der Waals surface area contributed by atoms with Gasteiger partial charge in [0, 0.05) is 12.1 Å². The molecule has 0 aromatic heterocycles. The van der Waals surface area contributed by atoms with Gasteiger partial charge in [0.1, 0.15) is 5.56 Å². The molecule has 0 saturated carbocycles. The van der Waals surface area contributed by atoms with Gasteiger partial charge in [-0.3, -0.25) is 14.9 Å². The molecule has 1 aromatic carbocycles. The molecule has 0 bridgehead atoms. The van der Waals surface area contributed by atoms with Gasteiger partial charge in [-0.1, -0.05) is 6.92 Å².